The number of aromatic nitrogens is 2. The minimum Gasteiger partial charge on any atom is -0.475 e. The van der Waals surface area contributed by atoms with Gasteiger partial charge in [0.25, 0.3) is 0 Å². The van der Waals surface area contributed by atoms with Gasteiger partial charge in [0, 0.05) is 18.4 Å². The number of aryl methyl sites for hydroxylation is 1. The Balaban J connectivity index is 1.37. The van der Waals surface area contributed by atoms with Crippen LogP contribution in [0.1, 0.15) is 47.1 Å². The van der Waals surface area contributed by atoms with Crippen molar-refractivity contribution in [3.8, 4) is 5.88 Å². The largest absolute Gasteiger partial charge is 0.475 e. The first-order valence-corrected chi connectivity index (χ1v) is 12.3. The minimum absolute atomic E-state index is 0.0920. The van der Waals surface area contributed by atoms with Crippen LogP contribution in [0, 0.1) is 0 Å². The van der Waals surface area contributed by atoms with Gasteiger partial charge in [0.2, 0.25) is 5.88 Å². The van der Waals surface area contributed by atoms with Crippen LogP contribution < -0.4 is 15.2 Å². The summed E-state index contributed by atoms with van der Waals surface area (Å²) >= 11 is 0. The SMILES string of the molecule is CO[C@@H]1COc2c(CS(N)(=O)=NC(=O)Nc3c4c(cc5c3[C@H](C)C5)CCC4)cnn2C1. The maximum atomic E-state index is 13.0. The Bertz CT molecular complexity index is 1180. The molecule has 0 radical (unpaired) electrons. The Morgan fingerprint density at radius 1 is 1.45 bits per heavy atom. The number of fused-ring (bicyclic) bond motifs is 3. The molecule has 2 aliphatic carbocycles. The van der Waals surface area contributed by atoms with Gasteiger partial charge in [0.15, 0.2) is 0 Å². The van der Waals surface area contributed by atoms with E-state index in [1.54, 1.807) is 18.0 Å². The van der Waals surface area contributed by atoms with E-state index in [2.05, 4.69) is 27.8 Å². The molecule has 2 aromatic rings. The number of ether oxygens (including phenoxy) is 2. The zero-order valence-corrected chi connectivity index (χ0v) is 18.5. The minimum atomic E-state index is -3.31. The van der Waals surface area contributed by atoms with E-state index < -0.39 is 15.9 Å². The molecule has 1 aromatic heterocycles. The molecule has 2 amide bonds. The van der Waals surface area contributed by atoms with Crippen LogP contribution in [0.15, 0.2) is 16.6 Å². The highest BCUT2D eigenvalue weighted by molar-refractivity contribution is 7.90. The van der Waals surface area contributed by atoms with Crippen molar-refractivity contribution in [3.05, 3.63) is 40.1 Å². The van der Waals surface area contributed by atoms with Crippen molar-refractivity contribution in [3.63, 3.8) is 0 Å². The van der Waals surface area contributed by atoms with Crippen LogP contribution in [-0.2, 0) is 46.2 Å². The van der Waals surface area contributed by atoms with Crippen LogP contribution in [0.3, 0.4) is 0 Å². The van der Waals surface area contributed by atoms with E-state index in [1.807, 2.05) is 0 Å². The molecule has 1 aliphatic heterocycles. The molecule has 1 aromatic carbocycles. The molecule has 10 heteroatoms. The predicted octanol–water partition coefficient (Wildman–Crippen LogP) is 2.51. The Morgan fingerprint density at radius 2 is 2.29 bits per heavy atom. The van der Waals surface area contributed by atoms with Gasteiger partial charge >= 0.3 is 6.03 Å². The second kappa shape index (κ2) is 7.61. The van der Waals surface area contributed by atoms with E-state index in [-0.39, 0.29) is 11.9 Å². The number of nitrogens with zero attached hydrogens (tertiary/aromatic N) is 3. The Kier molecular flexibility index (Phi) is 5.03. The number of nitrogens with one attached hydrogen (secondary N) is 1. The topological polar surface area (TPSA) is 121 Å². The molecule has 2 heterocycles. The maximum absolute atomic E-state index is 13.0. The fraction of sp³-hybridized carbons (Fsp3) is 0.524. The highest BCUT2D eigenvalue weighted by Gasteiger charge is 2.31. The molecule has 0 spiro atoms. The summed E-state index contributed by atoms with van der Waals surface area (Å²) in [6.45, 7) is 3.07. The lowest BCUT2D eigenvalue weighted by atomic mass is 9.75. The van der Waals surface area contributed by atoms with E-state index in [4.69, 9.17) is 14.6 Å². The average molecular weight is 446 g/mol. The molecular formula is C21H27N5O4S. The molecule has 0 fully saturated rings. The second-order valence-corrected chi connectivity index (χ2v) is 10.5. The molecule has 0 bridgehead atoms. The van der Waals surface area contributed by atoms with Crippen molar-refractivity contribution in [2.75, 3.05) is 19.0 Å². The monoisotopic (exact) mass is 445 g/mol. The van der Waals surface area contributed by atoms with Crippen LogP contribution in [0.5, 0.6) is 5.88 Å². The summed E-state index contributed by atoms with van der Waals surface area (Å²) in [5, 5.41) is 13.1. The highest BCUT2D eigenvalue weighted by Crippen LogP contribution is 2.45. The maximum Gasteiger partial charge on any atom is 0.354 e. The lowest BCUT2D eigenvalue weighted by Gasteiger charge is -2.31. The number of hydrogen-bond donors (Lipinski definition) is 2. The van der Waals surface area contributed by atoms with Gasteiger partial charge < -0.3 is 14.8 Å². The van der Waals surface area contributed by atoms with E-state index in [0.717, 1.165) is 31.4 Å². The number of nitrogens with two attached hydrogens (primary N) is 1. The van der Waals surface area contributed by atoms with Gasteiger partial charge in [-0.15, -0.1) is 4.36 Å². The smallest absolute Gasteiger partial charge is 0.354 e. The number of rotatable bonds is 4. The summed E-state index contributed by atoms with van der Waals surface area (Å²) in [7, 11) is -1.70. The molecule has 3 N–H and O–H groups in total. The Hall–Kier alpha value is -2.43. The van der Waals surface area contributed by atoms with Gasteiger partial charge in [-0.1, -0.05) is 13.0 Å². The van der Waals surface area contributed by atoms with E-state index >= 15 is 0 Å². The number of benzene rings is 1. The van der Waals surface area contributed by atoms with Crippen molar-refractivity contribution in [2.45, 2.75) is 56.9 Å². The molecule has 0 saturated carbocycles. The van der Waals surface area contributed by atoms with Crippen molar-refractivity contribution in [1.82, 2.24) is 9.78 Å². The lowest BCUT2D eigenvalue weighted by Crippen LogP contribution is -2.32. The summed E-state index contributed by atoms with van der Waals surface area (Å²) in [6, 6.07) is 1.60. The van der Waals surface area contributed by atoms with Crippen LogP contribution in [-0.4, -0.2) is 39.8 Å². The van der Waals surface area contributed by atoms with Crippen LogP contribution >= 0.6 is 0 Å². The quantitative estimate of drug-likeness (QED) is 0.749. The first kappa shape index (κ1) is 20.5. The lowest BCUT2D eigenvalue weighted by molar-refractivity contribution is 0.0176. The highest BCUT2D eigenvalue weighted by atomic mass is 32.2. The summed E-state index contributed by atoms with van der Waals surface area (Å²) < 4.78 is 29.4. The molecule has 3 atom stereocenters. The third-order valence-electron chi connectivity index (χ3n) is 6.35. The summed E-state index contributed by atoms with van der Waals surface area (Å²) in [4.78, 5) is 12.7. The number of hydrogen-bond acceptors (Lipinski definition) is 5. The second-order valence-electron chi connectivity index (χ2n) is 8.60. The zero-order chi connectivity index (χ0) is 21.8. The zero-order valence-electron chi connectivity index (χ0n) is 17.7. The van der Waals surface area contributed by atoms with E-state index in [1.165, 1.54) is 22.3 Å². The number of methoxy groups -OCH3 is 1. The van der Waals surface area contributed by atoms with Crippen molar-refractivity contribution < 1.29 is 18.5 Å². The third kappa shape index (κ3) is 3.72. The van der Waals surface area contributed by atoms with Crippen LogP contribution in [0.2, 0.25) is 0 Å². The van der Waals surface area contributed by atoms with Gasteiger partial charge in [0.05, 0.1) is 18.5 Å². The number of anilines is 1. The van der Waals surface area contributed by atoms with Gasteiger partial charge in [-0.05, 0) is 53.9 Å². The summed E-state index contributed by atoms with van der Waals surface area (Å²) in [5.74, 6) is 0.776. The van der Waals surface area contributed by atoms with Crippen molar-refractivity contribution in [2.24, 2.45) is 9.50 Å². The first-order chi connectivity index (χ1) is 14.8. The van der Waals surface area contributed by atoms with Crippen molar-refractivity contribution in [1.29, 1.82) is 0 Å². The molecule has 9 nitrogen and oxygen atoms in total. The predicted molar refractivity (Wildman–Crippen MR) is 117 cm³/mol. The molecule has 31 heavy (non-hydrogen) atoms. The fourth-order valence-electron chi connectivity index (χ4n) is 4.89. The molecule has 0 saturated heterocycles. The summed E-state index contributed by atoms with van der Waals surface area (Å²) in [6.07, 6.45) is 5.53. The van der Waals surface area contributed by atoms with Crippen molar-refractivity contribution >= 4 is 21.6 Å². The van der Waals surface area contributed by atoms with Gasteiger partial charge in [0.1, 0.15) is 22.6 Å². The number of amides is 2. The standard InChI is InChI=1S/C21H27N5O4S/c1-12-6-14-7-13-4-3-5-17(13)19(18(12)14)24-21(27)25-31(22,28)11-15-8-23-26-9-16(29-2)10-30-20(15)26/h7-8,12,16H,3-6,9-11H2,1-2H3,(H3,22,24,25,27,28)/t12-,16+,31?/m1/s1. The molecule has 166 valence electrons. The normalized spacial score (nSPS) is 22.9. The first-order valence-electron chi connectivity index (χ1n) is 10.6. The fourth-order valence-corrected chi connectivity index (χ4v) is 5.93. The van der Waals surface area contributed by atoms with Crippen LogP contribution in [0.4, 0.5) is 10.5 Å². The Morgan fingerprint density at radius 3 is 3.06 bits per heavy atom. The molecular weight excluding hydrogens is 418 g/mol. The van der Waals surface area contributed by atoms with Gasteiger partial charge in [-0.3, -0.25) is 0 Å². The van der Waals surface area contributed by atoms with Gasteiger partial charge in [-0.2, -0.15) is 5.10 Å². The van der Waals surface area contributed by atoms with E-state index in [0.29, 0.717) is 30.5 Å². The van der Waals surface area contributed by atoms with Gasteiger partial charge in [-0.25, -0.2) is 18.8 Å². The summed E-state index contributed by atoms with van der Waals surface area (Å²) in [5.41, 5.74) is 6.37. The average Bonchev–Trinajstić information content (AvgIpc) is 3.33. The molecule has 1 unspecified atom stereocenters. The van der Waals surface area contributed by atoms with Crippen LogP contribution in [0.25, 0.3) is 0 Å². The number of carbonyl (C=O) groups is 1. The molecule has 3 aliphatic rings. The number of carbonyl (C=O) groups excluding carboxylic acids is 1. The third-order valence-corrected chi connectivity index (χ3v) is 7.55. The molecule has 5 rings (SSSR count). The Labute approximate surface area is 181 Å². The number of urea groups is 1. The van der Waals surface area contributed by atoms with E-state index in [9.17, 15) is 9.00 Å².